The molecule has 1 aromatic carbocycles. The third-order valence-electron chi connectivity index (χ3n) is 3.79. The average molecular weight is 355 g/mol. The summed E-state index contributed by atoms with van der Waals surface area (Å²) in [4.78, 5) is 13.1. The Morgan fingerprint density at radius 3 is 2.71 bits per heavy atom. The van der Waals surface area contributed by atoms with Crippen LogP contribution in [-0.4, -0.2) is 32.9 Å². The number of anilines is 2. The maximum atomic E-state index is 14.4. The molecule has 1 aliphatic heterocycles. The first-order valence-corrected chi connectivity index (χ1v) is 9.05. The van der Waals surface area contributed by atoms with Crippen LogP contribution in [0, 0.1) is 23.1 Å². The summed E-state index contributed by atoms with van der Waals surface area (Å²) in [6.45, 7) is 5.28. The smallest absolute Gasteiger partial charge is 0.414 e. The Bertz CT molecular complexity index is 802. The van der Waals surface area contributed by atoms with Crippen molar-refractivity contribution in [1.29, 1.82) is 5.26 Å². The van der Waals surface area contributed by atoms with Gasteiger partial charge in [0.1, 0.15) is 18.5 Å². The fraction of sp³-hybridized carbons (Fsp3) is 0.467. The SMILES string of the molecule is CCS(=O)(=O)Nc1cc(N2C(=O)OCC2C(C)C)c(F)cc1C#N. The highest BCUT2D eigenvalue weighted by molar-refractivity contribution is 7.92. The van der Waals surface area contributed by atoms with Gasteiger partial charge in [0.25, 0.3) is 0 Å². The van der Waals surface area contributed by atoms with E-state index >= 15 is 0 Å². The number of hydrogen-bond donors (Lipinski definition) is 1. The van der Waals surface area contributed by atoms with Crippen molar-refractivity contribution in [2.75, 3.05) is 22.0 Å². The molecule has 0 saturated carbocycles. The highest BCUT2D eigenvalue weighted by Crippen LogP contribution is 2.33. The summed E-state index contributed by atoms with van der Waals surface area (Å²) in [6, 6.07) is 3.43. The number of carbonyl (C=O) groups is 1. The Hall–Kier alpha value is -2.34. The van der Waals surface area contributed by atoms with E-state index in [2.05, 4.69) is 4.72 Å². The number of amides is 1. The van der Waals surface area contributed by atoms with Crippen LogP contribution in [0.25, 0.3) is 0 Å². The topological polar surface area (TPSA) is 99.5 Å². The van der Waals surface area contributed by atoms with Crippen LogP contribution in [-0.2, 0) is 14.8 Å². The minimum Gasteiger partial charge on any atom is -0.447 e. The van der Waals surface area contributed by atoms with Crippen LogP contribution in [0.15, 0.2) is 12.1 Å². The molecule has 7 nitrogen and oxygen atoms in total. The van der Waals surface area contributed by atoms with Gasteiger partial charge in [-0.25, -0.2) is 17.6 Å². The lowest BCUT2D eigenvalue weighted by molar-refractivity contribution is 0.177. The first kappa shape index (κ1) is 18.0. The van der Waals surface area contributed by atoms with Crippen molar-refractivity contribution in [3.63, 3.8) is 0 Å². The van der Waals surface area contributed by atoms with Crippen LogP contribution < -0.4 is 9.62 Å². The second-order valence-corrected chi connectivity index (χ2v) is 7.74. The molecule has 0 aliphatic carbocycles. The molecular weight excluding hydrogens is 337 g/mol. The number of rotatable bonds is 5. The normalized spacial score (nSPS) is 17.8. The van der Waals surface area contributed by atoms with E-state index in [-0.39, 0.29) is 41.3 Å². The summed E-state index contributed by atoms with van der Waals surface area (Å²) in [5, 5.41) is 9.10. The zero-order valence-electron chi connectivity index (χ0n) is 13.5. The van der Waals surface area contributed by atoms with E-state index in [4.69, 9.17) is 10.00 Å². The molecule has 1 saturated heterocycles. The summed E-state index contributed by atoms with van der Waals surface area (Å²) in [6.07, 6.45) is -0.707. The van der Waals surface area contributed by atoms with Gasteiger partial charge in [-0.15, -0.1) is 0 Å². The number of sulfonamides is 1. The van der Waals surface area contributed by atoms with Gasteiger partial charge in [0.05, 0.1) is 28.7 Å². The quantitative estimate of drug-likeness (QED) is 0.874. The Kier molecular flexibility index (Phi) is 4.99. The first-order valence-electron chi connectivity index (χ1n) is 7.40. The molecule has 0 aromatic heterocycles. The number of hydrogen-bond acceptors (Lipinski definition) is 5. The molecule has 1 heterocycles. The van der Waals surface area contributed by atoms with E-state index in [0.717, 1.165) is 17.0 Å². The molecular formula is C15H18FN3O4S. The van der Waals surface area contributed by atoms with E-state index in [9.17, 15) is 17.6 Å². The number of cyclic esters (lactones) is 1. The molecule has 0 bridgehead atoms. The Morgan fingerprint density at radius 1 is 1.50 bits per heavy atom. The van der Waals surface area contributed by atoms with Gasteiger partial charge >= 0.3 is 6.09 Å². The third-order valence-corrected chi connectivity index (χ3v) is 5.08. The number of halogens is 1. The lowest BCUT2D eigenvalue weighted by atomic mass is 10.0. The van der Waals surface area contributed by atoms with Gasteiger partial charge < -0.3 is 4.74 Å². The number of nitrogens with zero attached hydrogens (tertiary/aromatic N) is 2. The van der Waals surface area contributed by atoms with Gasteiger partial charge in [-0.05, 0) is 25.0 Å². The molecule has 1 aromatic rings. The number of nitrogens with one attached hydrogen (secondary N) is 1. The molecule has 2 rings (SSSR count). The molecule has 1 fully saturated rings. The fourth-order valence-electron chi connectivity index (χ4n) is 2.37. The number of nitriles is 1. The number of ether oxygens (including phenoxy) is 1. The van der Waals surface area contributed by atoms with E-state index in [1.165, 1.54) is 6.92 Å². The predicted molar refractivity (Wildman–Crippen MR) is 86.7 cm³/mol. The van der Waals surface area contributed by atoms with Crippen LogP contribution >= 0.6 is 0 Å². The number of carbonyl (C=O) groups excluding carboxylic acids is 1. The van der Waals surface area contributed by atoms with Gasteiger partial charge in [0.2, 0.25) is 10.0 Å². The van der Waals surface area contributed by atoms with Crippen molar-refractivity contribution in [3.05, 3.63) is 23.5 Å². The second-order valence-electron chi connectivity index (χ2n) is 5.72. The second kappa shape index (κ2) is 6.65. The Morgan fingerprint density at radius 2 is 2.17 bits per heavy atom. The van der Waals surface area contributed by atoms with Crippen molar-refractivity contribution in [2.45, 2.75) is 26.8 Å². The van der Waals surface area contributed by atoms with Crippen LogP contribution in [0.3, 0.4) is 0 Å². The highest BCUT2D eigenvalue weighted by atomic mass is 32.2. The zero-order valence-corrected chi connectivity index (χ0v) is 14.4. The minimum atomic E-state index is -3.66. The molecule has 130 valence electrons. The van der Waals surface area contributed by atoms with Crippen LogP contribution in [0.1, 0.15) is 26.3 Å². The van der Waals surface area contributed by atoms with Crippen LogP contribution in [0.5, 0.6) is 0 Å². The average Bonchev–Trinajstić information content (AvgIpc) is 2.90. The van der Waals surface area contributed by atoms with E-state index in [1.807, 2.05) is 13.8 Å². The highest BCUT2D eigenvalue weighted by Gasteiger charge is 2.38. The van der Waals surface area contributed by atoms with Crippen molar-refractivity contribution >= 4 is 27.5 Å². The summed E-state index contributed by atoms with van der Waals surface area (Å²) in [5.41, 5.74) is -0.358. The summed E-state index contributed by atoms with van der Waals surface area (Å²) >= 11 is 0. The van der Waals surface area contributed by atoms with E-state index in [0.29, 0.717) is 0 Å². The van der Waals surface area contributed by atoms with Gasteiger partial charge in [0.15, 0.2) is 0 Å². The van der Waals surface area contributed by atoms with Crippen LogP contribution in [0.4, 0.5) is 20.6 Å². The summed E-state index contributed by atoms with van der Waals surface area (Å²) in [5.74, 6) is -0.997. The largest absolute Gasteiger partial charge is 0.447 e. The molecule has 0 spiro atoms. The lowest BCUT2D eigenvalue weighted by Crippen LogP contribution is -2.37. The molecule has 1 amide bonds. The minimum absolute atomic E-state index is 0.00211. The molecule has 1 N–H and O–H groups in total. The van der Waals surface area contributed by atoms with Gasteiger partial charge in [-0.1, -0.05) is 13.8 Å². The third kappa shape index (κ3) is 3.43. The number of benzene rings is 1. The summed E-state index contributed by atoms with van der Waals surface area (Å²) in [7, 11) is -3.66. The molecule has 9 heteroatoms. The Labute approximate surface area is 140 Å². The first-order chi connectivity index (χ1) is 11.2. The fourth-order valence-corrected chi connectivity index (χ4v) is 3.02. The molecule has 1 atom stereocenters. The zero-order chi connectivity index (χ0) is 18.1. The van der Waals surface area contributed by atoms with Gasteiger partial charge in [-0.3, -0.25) is 9.62 Å². The van der Waals surface area contributed by atoms with E-state index in [1.54, 1.807) is 6.07 Å². The standard InChI is InChI=1S/C15H18FN3O4S/c1-4-24(21,22)18-12-6-13(11(16)5-10(12)7-17)19-14(9(2)3)8-23-15(19)20/h5-6,9,14,18H,4,8H2,1-3H3. The summed E-state index contributed by atoms with van der Waals surface area (Å²) < 4.78 is 45.2. The van der Waals surface area contributed by atoms with Gasteiger partial charge in [0, 0.05) is 0 Å². The monoisotopic (exact) mass is 355 g/mol. The Balaban J connectivity index is 2.55. The predicted octanol–water partition coefficient (Wildman–Crippen LogP) is 2.44. The van der Waals surface area contributed by atoms with E-state index < -0.39 is 21.9 Å². The molecule has 1 unspecified atom stereocenters. The van der Waals surface area contributed by atoms with Crippen molar-refractivity contribution in [3.8, 4) is 6.07 Å². The molecule has 1 aliphatic rings. The molecule has 24 heavy (non-hydrogen) atoms. The van der Waals surface area contributed by atoms with Crippen LogP contribution in [0.2, 0.25) is 0 Å². The van der Waals surface area contributed by atoms with Gasteiger partial charge in [-0.2, -0.15) is 5.26 Å². The maximum absolute atomic E-state index is 14.4. The van der Waals surface area contributed by atoms with Crippen molar-refractivity contribution in [2.24, 2.45) is 5.92 Å². The molecule has 0 radical (unpaired) electrons. The van der Waals surface area contributed by atoms with Crippen molar-refractivity contribution < 1.29 is 22.3 Å². The maximum Gasteiger partial charge on any atom is 0.414 e. The lowest BCUT2D eigenvalue weighted by Gasteiger charge is -2.25. The van der Waals surface area contributed by atoms with Crippen molar-refractivity contribution in [1.82, 2.24) is 0 Å².